The van der Waals surface area contributed by atoms with Crippen molar-refractivity contribution in [1.82, 2.24) is 25.3 Å². The first-order chi connectivity index (χ1) is 17.8. The molecule has 1 unspecified atom stereocenters. The van der Waals surface area contributed by atoms with Crippen molar-refractivity contribution < 1.29 is 23.7 Å². The summed E-state index contributed by atoms with van der Waals surface area (Å²) in [6.45, 7) is 8.34. The fraction of sp³-hybridized carbons (Fsp3) is 0.556. The number of rotatable bonds is 6. The van der Waals surface area contributed by atoms with E-state index in [9.17, 15) is 4.79 Å². The molecule has 6 heterocycles. The summed E-state index contributed by atoms with van der Waals surface area (Å²) in [5.74, 6) is 0.634. The minimum atomic E-state index is -0.621. The van der Waals surface area contributed by atoms with Gasteiger partial charge in [-0.05, 0) is 56.5 Å². The largest absolute Gasteiger partial charge is 0.484 e. The molecule has 3 saturated heterocycles. The normalized spacial score (nSPS) is 30.2. The number of hydrogen-bond acceptors (Lipinski definition) is 8. The Labute approximate surface area is 214 Å². The van der Waals surface area contributed by atoms with Crippen molar-refractivity contribution >= 4 is 16.8 Å². The third-order valence-corrected chi connectivity index (χ3v) is 8.25. The summed E-state index contributed by atoms with van der Waals surface area (Å²) >= 11 is 0. The maximum absolute atomic E-state index is 13.2. The summed E-state index contributed by atoms with van der Waals surface area (Å²) in [7, 11) is 0. The van der Waals surface area contributed by atoms with Gasteiger partial charge in [0.25, 0.3) is 5.91 Å². The summed E-state index contributed by atoms with van der Waals surface area (Å²) in [6, 6.07) is 5.98. The zero-order chi connectivity index (χ0) is 25.4. The predicted octanol–water partition coefficient (Wildman–Crippen LogP) is 2.59. The molecule has 4 aliphatic heterocycles. The number of carbonyl (C=O) groups excluding carboxylic acids is 1. The minimum Gasteiger partial charge on any atom is -0.484 e. The number of carbonyl (C=O) groups is 1. The zero-order valence-electron chi connectivity index (χ0n) is 21.3. The van der Waals surface area contributed by atoms with Crippen LogP contribution < -0.4 is 10.1 Å². The highest BCUT2D eigenvalue weighted by atomic mass is 16.5. The predicted molar refractivity (Wildman–Crippen MR) is 132 cm³/mol. The Morgan fingerprint density at radius 2 is 2.08 bits per heavy atom. The quantitative estimate of drug-likeness (QED) is 0.545. The van der Waals surface area contributed by atoms with Crippen molar-refractivity contribution in [3.05, 3.63) is 47.4 Å². The highest BCUT2D eigenvalue weighted by molar-refractivity contribution is 5.85. The van der Waals surface area contributed by atoms with Crippen molar-refractivity contribution in [3.63, 3.8) is 0 Å². The first-order valence-corrected chi connectivity index (χ1v) is 12.9. The summed E-state index contributed by atoms with van der Waals surface area (Å²) in [5.41, 5.74) is 2.86. The second-order valence-corrected chi connectivity index (χ2v) is 11.5. The average molecular weight is 506 g/mol. The molecule has 0 spiro atoms. The van der Waals surface area contributed by atoms with E-state index in [0.29, 0.717) is 32.1 Å². The number of aromatic nitrogens is 4. The van der Waals surface area contributed by atoms with Crippen LogP contribution in [0.5, 0.6) is 5.75 Å². The molecule has 37 heavy (non-hydrogen) atoms. The monoisotopic (exact) mass is 505 g/mol. The van der Waals surface area contributed by atoms with E-state index in [1.807, 2.05) is 43.1 Å². The fourth-order valence-corrected chi connectivity index (χ4v) is 6.39. The van der Waals surface area contributed by atoms with Crippen LogP contribution in [0.4, 0.5) is 0 Å². The van der Waals surface area contributed by atoms with Gasteiger partial charge in [-0.25, -0.2) is 4.68 Å². The molecule has 1 aliphatic carbocycles. The van der Waals surface area contributed by atoms with Gasteiger partial charge in [-0.2, -0.15) is 0 Å². The molecule has 3 aromatic rings. The van der Waals surface area contributed by atoms with E-state index in [2.05, 4.69) is 33.6 Å². The minimum absolute atomic E-state index is 0.119. The first kappa shape index (κ1) is 23.1. The van der Waals surface area contributed by atoms with E-state index in [1.165, 1.54) is 5.56 Å². The third kappa shape index (κ3) is 3.65. The Balaban J connectivity index is 1.11. The van der Waals surface area contributed by atoms with Gasteiger partial charge in [0.05, 0.1) is 49.3 Å². The number of benzene rings is 1. The van der Waals surface area contributed by atoms with Crippen molar-refractivity contribution in [3.8, 4) is 5.75 Å². The molecule has 1 saturated carbocycles. The van der Waals surface area contributed by atoms with Crippen LogP contribution in [0.1, 0.15) is 56.5 Å². The van der Waals surface area contributed by atoms with Gasteiger partial charge in [0, 0.05) is 24.4 Å². The standard InChI is InChI=1S/C27H31N5O5/c1-16(36-18-4-5-21-20(8-18)19-6-7-34-11-17(19)9-28-21)22-10-32(31-30-22)27-12-26(3,13-27)37-23(27)24(33)29-25(2)14-35-15-25/h4-5,8-10,16,23H,6-7,11-15H2,1-3H3,(H,29,33)/t16-,23?,26?,27?/m1/s1. The fourth-order valence-electron chi connectivity index (χ4n) is 6.39. The molecule has 0 radical (unpaired) electrons. The highest BCUT2D eigenvalue weighted by Crippen LogP contribution is 2.59. The number of fused-ring (bicyclic) bond motifs is 4. The van der Waals surface area contributed by atoms with Crippen LogP contribution in [0.2, 0.25) is 0 Å². The molecular formula is C27H31N5O5. The van der Waals surface area contributed by atoms with Gasteiger partial charge in [-0.1, -0.05) is 5.21 Å². The highest BCUT2D eigenvalue weighted by Gasteiger charge is 2.70. The van der Waals surface area contributed by atoms with Crippen molar-refractivity contribution in [2.45, 2.75) is 75.5 Å². The van der Waals surface area contributed by atoms with E-state index < -0.39 is 11.6 Å². The Hall–Kier alpha value is -3.08. The van der Waals surface area contributed by atoms with Crippen molar-refractivity contribution in [2.24, 2.45) is 0 Å². The van der Waals surface area contributed by atoms with Crippen LogP contribution in [0.3, 0.4) is 0 Å². The maximum atomic E-state index is 13.2. The molecule has 1 amide bonds. The lowest BCUT2D eigenvalue weighted by Gasteiger charge is -2.43. The van der Waals surface area contributed by atoms with Gasteiger partial charge >= 0.3 is 0 Å². The van der Waals surface area contributed by atoms with Gasteiger partial charge in [-0.15, -0.1) is 5.10 Å². The number of nitrogens with one attached hydrogen (secondary N) is 1. The SMILES string of the molecule is C[C@@H](Oc1ccc2ncc3c(c2c1)CCOC3)c1cn(C23CC(C)(C2)OC3C(=O)NC2(C)COC2)nn1. The smallest absolute Gasteiger partial charge is 0.252 e. The molecule has 2 bridgehead atoms. The number of amides is 1. The van der Waals surface area contributed by atoms with Crippen LogP contribution in [0, 0.1) is 0 Å². The molecule has 2 aromatic heterocycles. The average Bonchev–Trinajstić information content (AvgIpc) is 3.54. The summed E-state index contributed by atoms with van der Waals surface area (Å²) in [6.07, 6.45) is 5.16. The van der Waals surface area contributed by atoms with E-state index in [1.54, 1.807) is 0 Å². The van der Waals surface area contributed by atoms with Crippen LogP contribution in [-0.2, 0) is 37.6 Å². The Morgan fingerprint density at radius 3 is 2.86 bits per heavy atom. The third-order valence-electron chi connectivity index (χ3n) is 8.25. The lowest BCUT2D eigenvalue weighted by molar-refractivity contribution is -0.142. The Bertz CT molecular complexity index is 1390. The molecule has 2 atom stereocenters. The van der Waals surface area contributed by atoms with Gasteiger partial charge < -0.3 is 24.3 Å². The molecule has 4 fully saturated rings. The topological polar surface area (TPSA) is 110 Å². The van der Waals surface area contributed by atoms with E-state index in [0.717, 1.165) is 41.5 Å². The summed E-state index contributed by atoms with van der Waals surface area (Å²) in [4.78, 5) is 17.8. The molecule has 5 aliphatic rings. The summed E-state index contributed by atoms with van der Waals surface area (Å²) in [5, 5.41) is 13.1. The Kier molecular flexibility index (Phi) is 4.96. The second kappa shape index (κ2) is 7.96. The second-order valence-electron chi connectivity index (χ2n) is 11.5. The number of ether oxygens (including phenoxy) is 4. The molecule has 10 nitrogen and oxygen atoms in total. The molecule has 194 valence electrons. The lowest BCUT2D eigenvalue weighted by Crippen LogP contribution is -2.63. The van der Waals surface area contributed by atoms with E-state index in [-0.39, 0.29) is 23.2 Å². The van der Waals surface area contributed by atoms with E-state index in [4.69, 9.17) is 18.9 Å². The number of hydrogen-bond donors (Lipinski definition) is 1. The molecular weight excluding hydrogens is 474 g/mol. The van der Waals surface area contributed by atoms with Gasteiger partial charge in [0.2, 0.25) is 0 Å². The molecule has 1 N–H and O–H groups in total. The van der Waals surface area contributed by atoms with Gasteiger partial charge in [0.1, 0.15) is 23.1 Å². The molecule has 1 aromatic carbocycles. The molecule has 10 heteroatoms. The van der Waals surface area contributed by atoms with Crippen molar-refractivity contribution in [2.75, 3.05) is 19.8 Å². The van der Waals surface area contributed by atoms with Crippen LogP contribution in [0.15, 0.2) is 30.6 Å². The number of pyridine rings is 1. The van der Waals surface area contributed by atoms with Crippen molar-refractivity contribution in [1.29, 1.82) is 0 Å². The first-order valence-electron chi connectivity index (χ1n) is 12.9. The number of nitrogens with zero attached hydrogens (tertiary/aromatic N) is 4. The molecule has 8 rings (SSSR count). The van der Waals surface area contributed by atoms with Gasteiger partial charge in [0.15, 0.2) is 6.10 Å². The van der Waals surface area contributed by atoms with E-state index >= 15 is 0 Å². The Morgan fingerprint density at radius 1 is 1.24 bits per heavy atom. The summed E-state index contributed by atoms with van der Waals surface area (Å²) < 4.78 is 25.2. The zero-order valence-corrected chi connectivity index (χ0v) is 21.3. The maximum Gasteiger partial charge on any atom is 0.252 e. The lowest BCUT2D eigenvalue weighted by atomic mass is 9.67. The van der Waals surface area contributed by atoms with Crippen LogP contribution in [-0.4, -0.2) is 62.9 Å². The van der Waals surface area contributed by atoms with Gasteiger partial charge in [-0.3, -0.25) is 9.78 Å². The van der Waals surface area contributed by atoms with Crippen LogP contribution in [0.25, 0.3) is 10.9 Å². The van der Waals surface area contributed by atoms with Crippen LogP contribution >= 0.6 is 0 Å².